The summed E-state index contributed by atoms with van der Waals surface area (Å²) in [6.45, 7) is 33.8. The molecule has 0 aliphatic carbocycles. The first-order valence-electron chi connectivity index (χ1n) is 16.7. The molecule has 258 valence electrons. The van der Waals surface area contributed by atoms with Crippen molar-refractivity contribution in [1.82, 2.24) is 0 Å². The second kappa shape index (κ2) is 13.5. The molecule has 0 N–H and O–H groups in total. The molecule has 3 rings (SSSR count). The average Bonchev–Trinajstić information content (AvgIpc) is 2.90. The van der Waals surface area contributed by atoms with Crippen LogP contribution in [-0.4, -0.2) is 31.6 Å². The van der Waals surface area contributed by atoms with E-state index in [1.165, 1.54) is 6.07 Å². The zero-order valence-corrected chi connectivity index (χ0v) is 34.6. The van der Waals surface area contributed by atoms with Gasteiger partial charge in [-0.15, -0.1) is 12.3 Å². The molecule has 9 heteroatoms. The summed E-state index contributed by atoms with van der Waals surface area (Å²) in [5, 5.41) is 0.221. The van der Waals surface area contributed by atoms with E-state index in [4.69, 9.17) is 28.9 Å². The number of ether oxygens (including phenoxy) is 1. The number of unbranched alkanes of at least 4 members (excludes halogenated alkanes) is 1. The number of hydrogen-bond acceptors (Lipinski definition) is 6. The lowest BCUT2D eigenvalue weighted by Crippen LogP contribution is -2.47. The van der Waals surface area contributed by atoms with Crippen molar-refractivity contribution in [2.75, 3.05) is 6.61 Å². The quantitative estimate of drug-likeness (QED) is 0.113. The molecule has 0 aliphatic rings. The molecule has 0 fully saturated rings. The van der Waals surface area contributed by atoms with E-state index in [1.54, 1.807) is 12.1 Å². The van der Waals surface area contributed by atoms with Crippen LogP contribution in [0, 0.1) is 12.3 Å². The molecule has 0 atom stereocenters. The van der Waals surface area contributed by atoms with Gasteiger partial charge in [0.25, 0.3) is 25.0 Å². The van der Waals surface area contributed by atoms with Crippen molar-refractivity contribution >= 4 is 35.9 Å². The molecule has 47 heavy (non-hydrogen) atoms. The maximum Gasteiger partial charge on any atom is 0.250 e. The number of hydrogen-bond donors (Lipinski definition) is 0. The molecule has 0 saturated heterocycles. The monoisotopic (exact) mass is 694 g/mol. The Balaban J connectivity index is 2.36. The third-order valence-electron chi connectivity index (χ3n) is 10.3. The number of benzene rings is 2. The van der Waals surface area contributed by atoms with Gasteiger partial charge in [-0.1, -0.05) is 68.4 Å². The minimum absolute atomic E-state index is 0.0557. The van der Waals surface area contributed by atoms with Crippen LogP contribution in [0.15, 0.2) is 45.6 Å². The van der Waals surface area contributed by atoms with E-state index in [0.717, 1.165) is 0 Å². The van der Waals surface area contributed by atoms with E-state index in [-0.39, 0.29) is 20.5 Å². The smallest absolute Gasteiger partial charge is 0.250 e. The lowest BCUT2D eigenvalue weighted by molar-refractivity contribution is 0.316. The molecule has 6 nitrogen and oxygen atoms in total. The number of fused-ring (bicyclic) bond motifs is 1. The van der Waals surface area contributed by atoms with Crippen LogP contribution >= 0.6 is 0 Å². The maximum absolute atomic E-state index is 13.7. The lowest BCUT2D eigenvalue weighted by atomic mass is 10.1. The Morgan fingerprint density at radius 1 is 0.723 bits per heavy atom. The Morgan fingerprint density at radius 3 is 1.68 bits per heavy atom. The highest BCUT2D eigenvalue weighted by Gasteiger charge is 2.45. The fraction of sp³-hybridized carbons (Fsp3) is 0.553. The van der Waals surface area contributed by atoms with Gasteiger partial charge in [-0.3, -0.25) is 4.79 Å². The second-order valence-electron chi connectivity index (χ2n) is 17.1. The number of rotatable bonds is 11. The molecular weight excluding hydrogens is 637 g/mol. The van der Waals surface area contributed by atoms with E-state index >= 15 is 0 Å². The van der Waals surface area contributed by atoms with Gasteiger partial charge in [0.2, 0.25) is 0 Å². The van der Waals surface area contributed by atoms with Crippen LogP contribution in [0.5, 0.6) is 23.0 Å². The van der Waals surface area contributed by atoms with Crippen molar-refractivity contribution in [2.24, 2.45) is 0 Å². The number of terminal acetylenes is 1. The molecule has 0 amide bonds. The van der Waals surface area contributed by atoms with Crippen molar-refractivity contribution in [3.8, 4) is 46.7 Å². The molecule has 0 unspecified atom stereocenters. The van der Waals surface area contributed by atoms with Gasteiger partial charge >= 0.3 is 0 Å². The van der Waals surface area contributed by atoms with Gasteiger partial charge in [-0.2, -0.15) is 0 Å². The summed E-state index contributed by atoms with van der Waals surface area (Å²) in [4.78, 5) is 13.7. The fourth-order valence-electron chi connectivity index (χ4n) is 4.03. The van der Waals surface area contributed by atoms with Crippen LogP contribution in [0.25, 0.3) is 22.3 Å². The first kappa shape index (κ1) is 38.5. The molecule has 0 aliphatic heterocycles. The highest BCUT2D eigenvalue weighted by atomic mass is 28.4. The molecule has 2 aromatic carbocycles. The van der Waals surface area contributed by atoms with Crippen molar-refractivity contribution in [1.29, 1.82) is 0 Å². The first-order chi connectivity index (χ1) is 21.3. The first-order valence-corrected chi connectivity index (χ1v) is 25.4. The normalized spacial score (nSPS) is 13.3. The summed E-state index contributed by atoms with van der Waals surface area (Å²) < 4.78 is 33.7. The minimum atomic E-state index is -2.35. The van der Waals surface area contributed by atoms with Crippen molar-refractivity contribution in [3.63, 3.8) is 0 Å². The zero-order chi connectivity index (χ0) is 35.8. The van der Waals surface area contributed by atoms with Crippen LogP contribution in [0.4, 0.5) is 0 Å². The Hall–Kier alpha value is -2.94. The Kier molecular flexibility index (Phi) is 11.1. The third kappa shape index (κ3) is 8.76. The largest absolute Gasteiger partial charge is 0.541 e. The lowest BCUT2D eigenvalue weighted by Gasteiger charge is -2.42. The highest BCUT2D eigenvalue weighted by Crippen LogP contribution is 2.51. The maximum atomic E-state index is 13.7. The predicted molar refractivity (Wildman–Crippen MR) is 205 cm³/mol. The van der Waals surface area contributed by atoms with Crippen molar-refractivity contribution in [2.45, 2.75) is 130 Å². The van der Waals surface area contributed by atoms with Gasteiger partial charge in [-0.05, 0) is 85.1 Å². The SMILES string of the molecule is C#CCCCOc1cccc2oc(-c3cc(O[Si](C)(C)C(C)(C)C)c(O[Si](C)(C)C(C)(C)C)c(O[Si](C)(C)C(C)(C)C)c3)cc(=O)c12. The van der Waals surface area contributed by atoms with Crippen LogP contribution in [0.1, 0.15) is 75.2 Å². The summed E-state index contributed by atoms with van der Waals surface area (Å²) in [7, 11) is -7.05. The van der Waals surface area contributed by atoms with E-state index < -0.39 is 25.0 Å². The van der Waals surface area contributed by atoms with Gasteiger partial charge in [0, 0.05) is 18.1 Å². The molecule has 3 aromatic rings. The van der Waals surface area contributed by atoms with Crippen LogP contribution in [0.2, 0.25) is 54.4 Å². The molecule has 0 radical (unpaired) electrons. The summed E-state index contributed by atoms with van der Waals surface area (Å²) in [5.41, 5.74) is 0.950. The minimum Gasteiger partial charge on any atom is -0.541 e. The fourth-order valence-corrected chi connectivity index (χ4v) is 7.07. The van der Waals surface area contributed by atoms with Gasteiger partial charge < -0.3 is 22.4 Å². The highest BCUT2D eigenvalue weighted by molar-refractivity contribution is 6.76. The summed E-state index contributed by atoms with van der Waals surface area (Å²) in [6, 6.07) is 10.9. The van der Waals surface area contributed by atoms with E-state index in [1.807, 2.05) is 18.2 Å². The van der Waals surface area contributed by atoms with Crippen molar-refractivity contribution < 1.29 is 22.4 Å². The van der Waals surface area contributed by atoms with E-state index in [2.05, 4.69) is 108 Å². The standard InChI is InChI=1S/C38H58O6Si3/c1-17-18-19-23-40-29-21-20-22-30-34(29)28(39)26-31(41-30)27-24-32(42-45(11,12)36(2,3)4)35(44-47(15,16)38(8,9)10)33(25-27)43-46(13,14)37(5,6)7/h1,20-22,24-26H,18-19,23H2,2-16H3. The van der Waals surface area contributed by atoms with Crippen LogP contribution < -0.4 is 23.4 Å². The molecule has 0 spiro atoms. The Labute approximate surface area is 286 Å². The van der Waals surface area contributed by atoms with Gasteiger partial charge in [0.05, 0.1) is 6.61 Å². The second-order valence-corrected chi connectivity index (χ2v) is 31.3. The Morgan fingerprint density at radius 2 is 1.21 bits per heavy atom. The van der Waals surface area contributed by atoms with Crippen LogP contribution in [-0.2, 0) is 0 Å². The molecule has 1 aromatic heterocycles. The predicted octanol–water partition coefficient (Wildman–Crippen LogP) is 11.4. The van der Waals surface area contributed by atoms with E-state index in [9.17, 15) is 4.79 Å². The van der Waals surface area contributed by atoms with Crippen LogP contribution in [0.3, 0.4) is 0 Å². The summed E-state index contributed by atoms with van der Waals surface area (Å²) in [6.07, 6.45) is 6.70. The summed E-state index contributed by atoms with van der Waals surface area (Å²) >= 11 is 0. The topological polar surface area (TPSA) is 67.1 Å². The molecule has 0 saturated carbocycles. The third-order valence-corrected chi connectivity index (χ3v) is 23.3. The zero-order valence-electron chi connectivity index (χ0n) is 31.6. The molecule has 1 heterocycles. The van der Waals surface area contributed by atoms with Gasteiger partial charge in [0.1, 0.15) is 34.0 Å². The van der Waals surface area contributed by atoms with Gasteiger partial charge in [-0.25, -0.2) is 0 Å². The summed E-state index contributed by atoms with van der Waals surface area (Å²) in [5.74, 6) is 5.42. The van der Waals surface area contributed by atoms with E-state index in [0.29, 0.717) is 64.7 Å². The van der Waals surface area contributed by atoms with Gasteiger partial charge in [0.15, 0.2) is 11.2 Å². The molecule has 0 bridgehead atoms. The Bertz CT molecular complexity index is 1630. The molecular formula is C38H58O6Si3. The van der Waals surface area contributed by atoms with Crippen molar-refractivity contribution in [3.05, 3.63) is 46.6 Å². The average molecular weight is 695 g/mol.